The molecule has 194 valence electrons. The lowest BCUT2D eigenvalue weighted by Gasteiger charge is -2.34. The van der Waals surface area contributed by atoms with Gasteiger partial charge in [0.15, 0.2) is 0 Å². The Morgan fingerprint density at radius 2 is 1.76 bits per heavy atom. The minimum absolute atomic E-state index is 0.0484. The van der Waals surface area contributed by atoms with Gasteiger partial charge >= 0.3 is 0 Å². The molecule has 0 radical (unpaired) electrons. The molecular weight excluding hydrogens is 480 g/mol. The summed E-state index contributed by atoms with van der Waals surface area (Å²) < 4.78 is 29.7. The smallest absolute Gasteiger partial charge is 0.271 e. The summed E-state index contributed by atoms with van der Waals surface area (Å²) in [4.78, 5) is 23.9. The van der Waals surface area contributed by atoms with Crippen LogP contribution in [0.5, 0.6) is 0 Å². The number of non-ortho nitro benzene ring substituents is 1. The van der Waals surface area contributed by atoms with Crippen molar-refractivity contribution in [3.05, 3.63) is 52.5 Å². The van der Waals surface area contributed by atoms with Crippen molar-refractivity contribution in [3.8, 4) is 16.9 Å². The van der Waals surface area contributed by atoms with Gasteiger partial charge in [0.05, 0.1) is 34.7 Å². The number of rotatable bonds is 5. The van der Waals surface area contributed by atoms with Crippen LogP contribution in [-0.4, -0.2) is 56.8 Å². The van der Waals surface area contributed by atoms with Crippen LogP contribution in [0.3, 0.4) is 0 Å². The lowest BCUT2D eigenvalue weighted by molar-refractivity contribution is -0.384. The third-order valence-corrected chi connectivity index (χ3v) is 7.93. The number of hydrogen-bond donors (Lipinski definition) is 0. The molecule has 1 spiro atoms. The number of halogens is 2. The molecule has 3 aromatic rings. The van der Waals surface area contributed by atoms with Gasteiger partial charge in [0.2, 0.25) is 5.95 Å². The van der Waals surface area contributed by atoms with E-state index in [-0.39, 0.29) is 17.0 Å². The second-order valence-electron chi connectivity index (χ2n) is 10.7. The van der Waals surface area contributed by atoms with Crippen LogP contribution >= 0.6 is 0 Å². The van der Waals surface area contributed by atoms with Gasteiger partial charge in [-0.1, -0.05) is 0 Å². The lowest BCUT2D eigenvalue weighted by atomic mass is 9.93. The minimum Gasteiger partial charge on any atom is -0.370 e. The second kappa shape index (κ2) is 8.74. The van der Waals surface area contributed by atoms with Gasteiger partial charge in [-0.2, -0.15) is 5.10 Å². The average Bonchev–Trinajstić information content (AvgIpc) is 3.43. The van der Waals surface area contributed by atoms with E-state index in [1.165, 1.54) is 18.9 Å². The van der Waals surface area contributed by atoms with Crippen LogP contribution < -0.4 is 9.80 Å². The van der Waals surface area contributed by atoms with Gasteiger partial charge in [0, 0.05) is 55.6 Å². The number of alkyl halides is 2. The largest absolute Gasteiger partial charge is 0.370 e. The molecule has 0 amide bonds. The molecule has 0 atom stereocenters. The Morgan fingerprint density at radius 1 is 0.973 bits per heavy atom. The van der Waals surface area contributed by atoms with Crippen LogP contribution in [0.4, 0.5) is 26.1 Å². The molecule has 3 aliphatic rings. The summed E-state index contributed by atoms with van der Waals surface area (Å²) >= 11 is 0. The minimum atomic E-state index is -2.75. The maximum atomic E-state index is 14.0. The maximum Gasteiger partial charge on any atom is 0.271 e. The molecule has 2 aliphatic heterocycles. The Labute approximate surface area is 213 Å². The number of nitrogens with zero attached hydrogens (tertiary/aromatic N) is 7. The maximum absolute atomic E-state index is 14.0. The molecule has 1 saturated carbocycles. The molecule has 6 rings (SSSR count). The summed E-state index contributed by atoms with van der Waals surface area (Å²) in [6.07, 6.45) is 8.52. The summed E-state index contributed by atoms with van der Waals surface area (Å²) in [6.45, 7) is 3.63. The molecule has 9 nitrogen and oxygen atoms in total. The van der Waals surface area contributed by atoms with Crippen molar-refractivity contribution in [1.82, 2.24) is 19.7 Å². The zero-order valence-corrected chi connectivity index (χ0v) is 20.7. The second-order valence-corrected chi connectivity index (χ2v) is 10.7. The molecule has 37 heavy (non-hydrogen) atoms. The van der Waals surface area contributed by atoms with Gasteiger partial charge in [-0.25, -0.2) is 23.4 Å². The van der Waals surface area contributed by atoms with Crippen LogP contribution in [0, 0.1) is 22.5 Å². The first-order valence-electron chi connectivity index (χ1n) is 12.8. The highest BCUT2D eigenvalue weighted by atomic mass is 19.3. The number of benzene rings is 1. The van der Waals surface area contributed by atoms with Crippen molar-refractivity contribution >= 4 is 17.3 Å². The Morgan fingerprint density at radius 3 is 2.46 bits per heavy atom. The molecule has 0 N–H and O–H groups in total. The van der Waals surface area contributed by atoms with E-state index < -0.39 is 12.5 Å². The van der Waals surface area contributed by atoms with E-state index in [9.17, 15) is 18.9 Å². The molecule has 0 bridgehead atoms. The van der Waals surface area contributed by atoms with Crippen molar-refractivity contribution in [1.29, 1.82) is 0 Å². The molecule has 0 unspecified atom stereocenters. The standard InChI is InChI=1S/C26H29F2N7O2/c1-18-13-21(31-24(30-18)33-10-2-5-26(27,28)17-33)19-15-29-34(16-19)22-4-3-20(35(36)37)14-23(22)32-11-8-25(6-7-25)9-12-32/h3-4,13-16H,2,5-12,17H2,1H3. The first-order valence-corrected chi connectivity index (χ1v) is 12.8. The number of anilines is 2. The Hall–Kier alpha value is -3.63. The first-order chi connectivity index (χ1) is 17.7. The van der Waals surface area contributed by atoms with Gasteiger partial charge < -0.3 is 9.80 Å². The highest BCUT2D eigenvalue weighted by molar-refractivity contribution is 5.68. The third-order valence-electron chi connectivity index (χ3n) is 7.93. The summed E-state index contributed by atoms with van der Waals surface area (Å²) in [7, 11) is 0. The summed E-state index contributed by atoms with van der Waals surface area (Å²) in [5.74, 6) is -2.46. The number of nitro groups is 1. The van der Waals surface area contributed by atoms with Crippen molar-refractivity contribution in [2.75, 3.05) is 36.0 Å². The Bertz CT molecular complexity index is 1340. The van der Waals surface area contributed by atoms with Crippen LogP contribution in [0.1, 0.15) is 44.2 Å². The number of hydrogen-bond acceptors (Lipinski definition) is 7. The van der Waals surface area contributed by atoms with Crippen LogP contribution in [0.2, 0.25) is 0 Å². The summed E-state index contributed by atoms with van der Waals surface area (Å²) in [5, 5.41) is 16.1. The van der Waals surface area contributed by atoms with Crippen LogP contribution in [-0.2, 0) is 0 Å². The predicted octanol–water partition coefficient (Wildman–Crippen LogP) is 5.16. The SMILES string of the molecule is Cc1cc(-c2cnn(-c3ccc([N+](=O)[O-])cc3N3CCC4(CC3)CC4)c2)nc(N2CCCC(F)(F)C2)n1. The van der Waals surface area contributed by atoms with E-state index in [1.54, 1.807) is 27.9 Å². The number of piperidine rings is 2. The zero-order valence-electron chi connectivity index (χ0n) is 20.7. The number of aromatic nitrogens is 4. The molecule has 4 heterocycles. The highest BCUT2D eigenvalue weighted by Gasteiger charge is 2.44. The van der Waals surface area contributed by atoms with Crippen LogP contribution in [0.25, 0.3) is 16.9 Å². The molecule has 11 heteroatoms. The first kappa shape index (κ1) is 23.7. The topological polar surface area (TPSA) is 93.2 Å². The van der Waals surface area contributed by atoms with Gasteiger partial charge in [0.25, 0.3) is 11.6 Å². The Kier molecular flexibility index (Phi) is 5.61. The third kappa shape index (κ3) is 4.74. The van der Waals surface area contributed by atoms with E-state index in [2.05, 4.69) is 20.0 Å². The van der Waals surface area contributed by atoms with E-state index in [4.69, 9.17) is 0 Å². The van der Waals surface area contributed by atoms with E-state index in [1.807, 2.05) is 19.2 Å². The molecular formula is C26H29F2N7O2. The zero-order chi connectivity index (χ0) is 25.8. The van der Waals surface area contributed by atoms with Crippen molar-refractivity contribution in [3.63, 3.8) is 0 Å². The van der Waals surface area contributed by atoms with Gasteiger partial charge in [-0.05, 0) is 56.6 Å². The van der Waals surface area contributed by atoms with Crippen molar-refractivity contribution < 1.29 is 13.7 Å². The van der Waals surface area contributed by atoms with Crippen molar-refractivity contribution in [2.24, 2.45) is 5.41 Å². The monoisotopic (exact) mass is 509 g/mol. The van der Waals surface area contributed by atoms with E-state index in [0.717, 1.165) is 42.9 Å². The summed E-state index contributed by atoms with van der Waals surface area (Å²) in [6, 6.07) is 6.67. The lowest BCUT2D eigenvalue weighted by Crippen LogP contribution is -2.43. The van der Waals surface area contributed by atoms with E-state index in [0.29, 0.717) is 35.7 Å². The van der Waals surface area contributed by atoms with E-state index >= 15 is 0 Å². The fourth-order valence-electron chi connectivity index (χ4n) is 5.54. The highest BCUT2D eigenvalue weighted by Crippen LogP contribution is 2.54. The summed E-state index contributed by atoms with van der Waals surface area (Å²) in [5.41, 5.74) is 4.07. The number of nitro benzene ring substituents is 1. The van der Waals surface area contributed by atoms with Crippen LogP contribution in [0.15, 0.2) is 36.7 Å². The molecule has 1 aliphatic carbocycles. The average molecular weight is 510 g/mol. The van der Waals surface area contributed by atoms with Gasteiger partial charge in [-0.15, -0.1) is 0 Å². The fourth-order valence-corrected chi connectivity index (χ4v) is 5.54. The molecule has 2 aromatic heterocycles. The predicted molar refractivity (Wildman–Crippen MR) is 135 cm³/mol. The fraction of sp³-hybridized carbons (Fsp3) is 0.500. The Balaban J connectivity index is 1.32. The quantitative estimate of drug-likeness (QED) is 0.346. The normalized spacial score (nSPS) is 20.3. The van der Waals surface area contributed by atoms with Gasteiger partial charge in [0.1, 0.15) is 0 Å². The number of aryl methyl sites for hydroxylation is 1. The van der Waals surface area contributed by atoms with Gasteiger partial charge in [-0.3, -0.25) is 10.1 Å². The molecule has 2 saturated heterocycles. The molecule has 1 aromatic carbocycles. The molecule has 3 fully saturated rings. The van der Waals surface area contributed by atoms with Crippen molar-refractivity contribution in [2.45, 2.75) is 51.4 Å².